The predicted molar refractivity (Wildman–Crippen MR) is 199 cm³/mol. The van der Waals surface area contributed by atoms with Gasteiger partial charge in [-0.3, -0.25) is 0 Å². The Labute approximate surface area is 271 Å². The highest BCUT2D eigenvalue weighted by atomic mass is 14.9. The lowest BCUT2D eigenvalue weighted by molar-refractivity contribution is 1.27. The number of benzene rings is 8. The van der Waals surface area contributed by atoms with Crippen LogP contribution in [0.25, 0.3) is 93.3 Å². The molecule has 0 N–H and O–H groups in total. The first-order valence-corrected chi connectivity index (χ1v) is 16.1. The van der Waals surface area contributed by atoms with Gasteiger partial charge in [0, 0.05) is 10.9 Å². The van der Waals surface area contributed by atoms with Crippen molar-refractivity contribution in [3.63, 3.8) is 0 Å². The summed E-state index contributed by atoms with van der Waals surface area (Å²) in [4.78, 5) is 5.22. The third-order valence-corrected chi connectivity index (χ3v) is 9.75. The van der Waals surface area contributed by atoms with E-state index in [1.54, 1.807) is 0 Å². The quantitative estimate of drug-likeness (QED) is 0.185. The highest BCUT2D eigenvalue weighted by Gasteiger charge is 2.19. The molecule has 0 aliphatic rings. The molecule has 0 unspecified atom stereocenters. The first-order valence-electron chi connectivity index (χ1n) is 16.1. The lowest BCUT2D eigenvalue weighted by atomic mass is 9.84. The van der Waals surface area contributed by atoms with E-state index in [1.807, 2.05) is 0 Å². The van der Waals surface area contributed by atoms with E-state index in [2.05, 4.69) is 174 Å². The van der Waals surface area contributed by atoms with Crippen LogP contribution in [0.1, 0.15) is 0 Å². The van der Waals surface area contributed by atoms with Crippen LogP contribution in [0.4, 0.5) is 0 Å². The van der Waals surface area contributed by atoms with Crippen molar-refractivity contribution in [3.8, 4) is 33.5 Å². The zero-order chi connectivity index (χ0) is 30.9. The van der Waals surface area contributed by atoms with Gasteiger partial charge in [-0.25, -0.2) is 4.98 Å². The average molecular weight is 597 g/mol. The van der Waals surface area contributed by atoms with E-state index < -0.39 is 0 Å². The lowest BCUT2D eigenvalue weighted by Crippen LogP contribution is -1.95. The molecule has 2 heteroatoms. The number of para-hydroxylation sites is 3. The van der Waals surface area contributed by atoms with Crippen LogP contribution in [-0.2, 0) is 0 Å². The van der Waals surface area contributed by atoms with Crippen LogP contribution < -0.4 is 0 Å². The Morgan fingerprint density at radius 2 is 0.894 bits per heavy atom. The lowest BCUT2D eigenvalue weighted by Gasteiger charge is -2.19. The molecule has 0 radical (unpaired) electrons. The second kappa shape index (κ2) is 10.1. The summed E-state index contributed by atoms with van der Waals surface area (Å²) in [6, 6.07) is 61.4. The monoisotopic (exact) mass is 596 g/mol. The second-order valence-corrected chi connectivity index (χ2v) is 12.3. The highest BCUT2D eigenvalue weighted by Crippen LogP contribution is 2.45. The first-order chi connectivity index (χ1) is 23.3. The van der Waals surface area contributed by atoms with E-state index in [9.17, 15) is 0 Å². The molecule has 0 aliphatic heterocycles. The fraction of sp³-hybridized carbons (Fsp3) is 0. The Morgan fingerprint density at radius 3 is 1.62 bits per heavy atom. The van der Waals surface area contributed by atoms with E-state index in [0.29, 0.717) is 0 Å². The van der Waals surface area contributed by atoms with Crippen molar-refractivity contribution in [2.45, 2.75) is 0 Å². The summed E-state index contributed by atoms with van der Waals surface area (Å²) in [6.45, 7) is 0. The number of hydrogen-bond donors (Lipinski definition) is 0. The van der Waals surface area contributed by atoms with Crippen molar-refractivity contribution in [3.05, 3.63) is 170 Å². The molecule has 0 aliphatic carbocycles. The Bertz CT molecular complexity index is 2780. The van der Waals surface area contributed by atoms with Crippen LogP contribution >= 0.6 is 0 Å². The minimum Gasteiger partial charge on any atom is -0.306 e. The van der Waals surface area contributed by atoms with Crippen molar-refractivity contribution in [1.29, 1.82) is 0 Å². The third kappa shape index (κ3) is 3.89. The highest BCUT2D eigenvalue weighted by molar-refractivity contribution is 6.23. The van der Waals surface area contributed by atoms with E-state index in [0.717, 1.165) is 27.8 Å². The molecule has 8 aromatic carbocycles. The van der Waals surface area contributed by atoms with Gasteiger partial charge < -0.3 is 4.40 Å². The number of aromatic nitrogens is 2. The smallest absolute Gasteiger partial charge is 0.0950 e. The van der Waals surface area contributed by atoms with E-state index >= 15 is 0 Å². The number of fused-ring (bicyclic) bond motifs is 8. The maximum Gasteiger partial charge on any atom is 0.0950 e. The summed E-state index contributed by atoms with van der Waals surface area (Å²) < 4.78 is 2.36. The van der Waals surface area contributed by atoms with Gasteiger partial charge in [0.05, 0.1) is 27.8 Å². The summed E-state index contributed by atoms with van der Waals surface area (Å²) in [5.41, 5.74) is 11.5. The Kier molecular flexibility index (Phi) is 5.61. The Hall–Kier alpha value is -6.25. The van der Waals surface area contributed by atoms with Crippen LogP contribution in [0, 0.1) is 0 Å². The van der Waals surface area contributed by atoms with Gasteiger partial charge in [0.25, 0.3) is 0 Å². The molecule has 2 nitrogen and oxygen atoms in total. The van der Waals surface area contributed by atoms with Gasteiger partial charge in [-0.2, -0.15) is 0 Å². The van der Waals surface area contributed by atoms with Gasteiger partial charge in [-0.1, -0.05) is 146 Å². The van der Waals surface area contributed by atoms with E-state index in [-0.39, 0.29) is 0 Å². The molecule has 47 heavy (non-hydrogen) atoms. The van der Waals surface area contributed by atoms with Crippen molar-refractivity contribution < 1.29 is 0 Å². The fourth-order valence-corrected chi connectivity index (χ4v) is 7.69. The summed E-state index contributed by atoms with van der Waals surface area (Å²) >= 11 is 0. The summed E-state index contributed by atoms with van der Waals surface area (Å²) in [5, 5.41) is 8.78. The van der Waals surface area contributed by atoms with Gasteiger partial charge >= 0.3 is 0 Å². The molecule has 218 valence electrons. The number of nitrogens with zero attached hydrogens (tertiary/aromatic N) is 2. The van der Waals surface area contributed by atoms with Crippen molar-refractivity contribution >= 4 is 59.8 Å². The van der Waals surface area contributed by atoms with Gasteiger partial charge in [-0.15, -0.1) is 0 Å². The molecule has 0 saturated heterocycles. The molecule has 0 fully saturated rings. The predicted octanol–water partition coefficient (Wildman–Crippen LogP) is 12.1. The summed E-state index contributed by atoms with van der Waals surface area (Å²) in [6.07, 6.45) is 0. The van der Waals surface area contributed by atoms with Crippen LogP contribution in [0.3, 0.4) is 0 Å². The van der Waals surface area contributed by atoms with Gasteiger partial charge in [-0.05, 0) is 78.8 Å². The Balaban J connectivity index is 1.21. The maximum absolute atomic E-state index is 5.22. The molecule has 0 bridgehead atoms. The van der Waals surface area contributed by atoms with E-state index in [1.165, 1.54) is 65.5 Å². The maximum atomic E-state index is 5.22. The Morgan fingerprint density at radius 1 is 0.362 bits per heavy atom. The molecule has 10 aromatic rings. The molecule has 0 atom stereocenters. The zero-order valence-electron chi connectivity index (χ0n) is 25.6. The minimum absolute atomic E-state index is 0.987. The second-order valence-electron chi connectivity index (χ2n) is 12.3. The van der Waals surface area contributed by atoms with Crippen molar-refractivity contribution in [2.75, 3.05) is 0 Å². The van der Waals surface area contributed by atoms with Gasteiger partial charge in [0.2, 0.25) is 0 Å². The number of hydrogen-bond acceptors (Lipinski definition) is 1. The normalized spacial score (nSPS) is 11.8. The third-order valence-electron chi connectivity index (χ3n) is 9.75. The van der Waals surface area contributed by atoms with Crippen molar-refractivity contribution in [2.24, 2.45) is 0 Å². The van der Waals surface area contributed by atoms with Crippen LogP contribution in [0.5, 0.6) is 0 Å². The van der Waals surface area contributed by atoms with Crippen molar-refractivity contribution in [1.82, 2.24) is 9.38 Å². The van der Waals surface area contributed by atoms with Crippen LogP contribution in [0.15, 0.2) is 170 Å². The zero-order valence-corrected chi connectivity index (χ0v) is 25.6. The fourth-order valence-electron chi connectivity index (χ4n) is 7.69. The van der Waals surface area contributed by atoms with Crippen LogP contribution in [-0.4, -0.2) is 9.38 Å². The molecular weight excluding hydrogens is 569 g/mol. The SMILES string of the molecule is c1ccc2c(-c3c4ccccc4c(-c4ccc(-c5nc6ccccc6n6c5cc5ccccc56)cc4)c4ccccc34)cccc2c1. The molecule has 0 amide bonds. The van der Waals surface area contributed by atoms with Gasteiger partial charge in [0.1, 0.15) is 0 Å². The summed E-state index contributed by atoms with van der Waals surface area (Å²) in [5.74, 6) is 0. The average Bonchev–Trinajstić information content (AvgIpc) is 3.54. The van der Waals surface area contributed by atoms with Crippen LogP contribution in [0.2, 0.25) is 0 Å². The summed E-state index contributed by atoms with van der Waals surface area (Å²) in [7, 11) is 0. The molecule has 2 heterocycles. The van der Waals surface area contributed by atoms with E-state index in [4.69, 9.17) is 4.98 Å². The topological polar surface area (TPSA) is 17.3 Å². The largest absolute Gasteiger partial charge is 0.306 e. The first kappa shape index (κ1) is 26.0. The minimum atomic E-state index is 0.987. The molecule has 2 aromatic heterocycles. The molecule has 0 saturated carbocycles. The van der Waals surface area contributed by atoms with Gasteiger partial charge in [0.15, 0.2) is 0 Å². The standard InChI is InChI=1S/C45H28N2/c1-3-15-33-29(12-1)14-11-20-34(33)44-37-18-6-4-16-35(37)43(36-17-5-7-19-38(36)44)30-24-26-31(27-25-30)45-42-28-32-13-2-9-22-40(32)47(42)41-23-10-8-21-39(41)46-45/h1-28H. The molecular formula is C45H28N2. The molecule has 0 spiro atoms. The number of rotatable bonds is 3. The molecule has 10 rings (SSSR count).